The Kier molecular flexibility index (Phi) is 6.45. The van der Waals surface area contributed by atoms with Crippen LogP contribution < -0.4 is 10.6 Å². The van der Waals surface area contributed by atoms with Crippen molar-refractivity contribution in [2.24, 2.45) is 0 Å². The molecule has 1 rings (SSSR count). The molecule has 0 aromatic heterocycles. The lowest BCUT2D eigenvalue weighted by Crippen LogP contribution is -2.44. The molecule has 2 amide bonds. The Labute approximate surface area is 106 Å². The summed E-state index contributed by atoms with van der Waals surface area (Å²) in [6, 6.07) is -0.161. The third kappa shape index (κ3) is 5.33. The number of methoxy groups -OCH3 is 1. The topological polar surface area (TPSA) is 90.9 Å². The number of urea groups is 1. The van der Waals surface area contributed by atoms with Crippen LogP contribution in [0.15, 0.2) is 0 Å². The van der Waals surface area contributed by atoms with E-state index in [1.807, 2.05) is 0 Å². The lowest BCUT2D eigenvalue weighted by atomic mass is 10.2. The van der Waals surface area contributed by atoms with Crippen LogP contribution in [-0.4, -0.2) is 67.9 Å². The van der Waals surface area contributed by atoms with Crippen LogP contribution in [0.3, 0.4) is 0 Å². The van der Waals surface area contributed by atoms with E-state index in [9.17, 15) is 9.59 Å². The minimum atomic E-state index is -0.935. The fourth-order valence-corrected chi connectivity index (χ4v) is 1.80. The summed E-state index contributed by atoms with van der Waals surface area (Å²) < 4.78 is 5.00. The van der Waals surface area contributed by atoms with E-state index in [-0.39, 0.29) is 19.0 Å². The minimum absolute atomic E-state index is 0.113. The zero-order valence-electron chi connectivity index (χ0n) is 10.6. The Morgan fingerprint density at radius 1 is 1.44 bits per heavy atom. The van der Waals surface area contributed by atoms with Gasteiger partial charge in [-0.15, -0.1) is 0 Å². The number of carbonyl (C=O) groups is 2. The van der Waals surface area contributed by atoms with Gasteiger partial charge < -0.3 is 25.4 Å². The van der Waals surface area contributed by atoms with Crippen LogP contribution in [0.2, 0.25) is 0 Å². The SMILES string of the molecule is COC(CNC(=O)N1CCCNCC1)CC(=O)O. The average Bonchev–Trinajstić information content (AvgIpc) is 2.62. The van der Waals surface area contributed by atoms with Gasteiger partial charge >= 0.3 is 12.0 Å². The first-order valence-electron chi connectivity index (χ1n) is 6.11. The largest absolute Gasteiger partial charge is 0.481 e. The van der Waals surface area contributed by atoms with Gasteiger partial charge in [-0.3, -0.25) is 4.79 Å². The van der Waals surface area contributed by atoms with E-state index in [1.54, 1.807) is 4.90 Å². The van der Waals surface area contributed by atoms with E-state index in [0.29, 0.717) is 6.54 Å². The van der Waals surface area contributed by atoms with Gasteiger partial charge in [0.1, 0.15) is 0 Å². The van der Waals surface area contributed by atoms with E-state index >= 15 is 0 Å². The predicted octanol–water partition coefficient (Wildman–Crippen LogP) is -0.519. The average molecular weight is 259 g/mol. The Morgan fingerprint density at radius 3 is 2.89 bits per heavy atom. The van der Waals surface area contributed by atoms with Crippen molar-refractivity contribution in [2.45, 2.75) is 18.9 Å². The minimum Gasteiger partial charge on any atom is -0.481 e. The third-order valence-corrected chi connectivity index (χ3v) is 2.84. The normalized spacial score (nSPS) is 17.9. The highest BCUT2D eigenvalue weighted by Gasteiger charge is 2.17. The number of carboxylic acid groups (broad SMARTS) is 1. The van der Waals surface area contributed by atoms with Crippen LogP contribution in [0.25, 0.3) is 0 Å². The smallest absolute Gasteiger partial charge is 0.317 e. The molecule has 0 aromatic rings. The van der Waals surface area contributed by atoms with E-state index in [0.717, 1.165) is 26.1 Å². The second kappa shape index (κ2) is 7.88. The number of carbonyl (C=O) groups excluding carboxylic acids is 1. The molecule has 1 aliphatic rings. The Hall–Kier alpha value is -1.34. The maximum atomic E-state index is 11.8. The molecule has 1 atom stereocenters. The summed E-state index contributed by atoms with van der Waals surface area (Å²) in [5.74, 6) is -0.935. The summed E-state index contributed by atoms with van der Waals surface area (Å²) in [5, 5.41) is 14.6. The molecular formula is C11H21N3O4. The van der Waals surface area contributed by atoms with Gasteiger partial charge in [-0.25, -0.2) is 4.79 Å². The van der Waals surface area contributed by atoms with E-state index < -0.39 is 12.1 Å². The summed E-state index contributed by atoms with van der Waals surface area (Å²) in [6.07, 6.45) is 0.325. The molecule has 7 heteroatoms. The summed E-state index contributed by atoms with van der Waals surface area (Å²) in [4.78, 5) is 24.1. The monoisotopic (exact) mass is 259 g/mol. The van der Waals surface area contributed by atoms with Gasteiger partial charge in [0.25, 0.3) is 0 Å². The molecule has 1 saturated heterocycles. The van der Waals surface area contributed by atoms with Crippen molar-refractivity contribution in [1.82, 2.24) is 15.5 Å². The van der Waals surface area contributed by atoms with Crippen LogP contribution in [0, 0.1) is 0 Å². The second-order valence-corrected chi connectivity index (χ2v) is 4.23. The molecular weight excluding hydrogens is 238 g/mol. The van der Waals surface area contributed by atoms with Gasteiger partial charge in [-0.05, 0) is 13.0 Å². The number of aliphatic carboxylic acids is 1. The number of ether oxygens (including phenoxy) is 1. The molecule has 0 spiro atoms. The van der Waals surface area contributed by atoms with Crippen LogP contribution in [0.5, 0.6) is 0 Å². The van der Waals surface area contributed by atoms with E-state index in [1.165, 1.54) is 7.11 Å². The van der Waals surface area contributed by atoms with E-state index in [2.05, 4.69) is 10.6 Å². The number of nitrogens with one attached hydrogen (secondary N) is 2. The van der Waals surface area contributed by atoms with Crippen molar-refractivity contribution in [1.29, 1.82) is 0 Å². The fourth-order valence-electron chi connectivity index (χ4n) is 1.80. The van der Waals surface area contributed by atoms with Crippen LogP contribution in [0.1, 0.15) is 12.8 Å². The number of rotatable bonds is 5. The van der Waals surface area contributed by atoms with Crippen LogP contribution in [0.4, 0.5) is 4.79 Å². The molecule has 0 bridgehead atoms. The molecule has 0 radical (unpaired) electrons. The highest BCUT2D eigenvalue weighted by molar-refractivity contribution is 5.74. The number of nitrogens with zero attached hydrogens (tertiary/aromatic N) is 1. The lowest BCUT2D eigenvalue weighted by Gasteiger charge is -2.22. The van der Waals surface area contributed by atoms with Gasteiger partial charge in [-0.1, -0.05) is 0 Å². The lowest BCUT2D eigenvalue weighted by molar-refractivity contribution is -0.139. The van der Waals surface area contributed by atoms with Crippen molar-refractivity contribution < 1.29 is 19.4 Å². The molecule has 7 nitrogen and oxygen atoms in total. The molecule has 104 valence electrons. The zero-order chi connectivity index (χ0) is 13.4. The standard InChI is InChI=1S/C11H21N3O4/c1-18-9(7-10(15)16)8-13-11(17)14-5-2-3-12-4-6-14/h9,12H,2-8H2,1H3,(H,13,17)(H,15,16). The van der Waals surface area contributed by atoms with Crippen molar-refractivity contribution in [3.05, 3.63) is 0 Å². The first kappa shape index (κ1) is 14.7. The van der Waals surface area contributed by atoms with Gasteiger partial charge in [-0.2, -0.15) is 0 Å². The molecule has 18 heavy (non-hydrogen) atoms. The second-order valence-electron chi connectivity index (χ2n) is 4.23. The van der Waals surface area contributed by atoms with E-state index in [4.69, 9.17) is 9.84 Å². The third-order valence-electron chi connectivity index (χ3n) is 2.84. The summed E-state index contributed by atoms with van der Waals surface area (Å²) >= 11 is 0. The molecule has 1 fully saturated rings. The number of carboxylic acids is 1. The van der Waals surface area contributed by atoms with Gasteiger partial charge in [0, 0.05) is 33.3 Å². The first-order chi connectivity index (χ1) is 8.63. The molecule has 1 aliphatic heterocycles. The molecule has 1 heterocycles. The Bertz CT molecular complexity index is 277. The van der Waals surface area contributed by atoms with Crippen molar-refractivity contribution in [3.63, 3.8) is 0 Å². The molecule has 1 unspecified atom stereocenters. The Balaban J connectivity index is 2.31. The molecule has 0 aliphatic carbocycles. The summed E-state index contributed by atoms with van der Waals surface area (Å²) in [7, 11) is 1.44. The predicted molar refractivity (Wildman–Crippen MR) is 65.5 cm³/mol. The summed E-state index contributed by atoms with van der Waals surface area (Å²) in [5.41, 5.74) is 0. The van der Waals surface area contributed by atoms with Gasteiger partial charge in [0.05, 0.1) is 12.5 Å². The number of hydrogen-bond donors (Lipinski definition) is 3. The fraction of sp³-hybridized carbons (Fsp3) is 0.818. The van der Waals surface area contributed by atoms with Crippen LogP contribution >= 0.6 is 0 Å². The van der Waals surface area contributed by atoms with Crippen molar-refractivity contribution in [3.8, 4) is 0 Å². The molecule has 3 N–H and O–H groups in total. The van der Waals surface area contributed by atoms with Crippen molar-refractivity contribution >= 4 is 12.0 Å². The molecule has 0 aromatic carbocycles. The number of hydrogen-bond acceptors (Lipinski definition) is 4. The summed E-state index contributed by atoms with van der Waals surface area (Å²) in [6.45, 7) is 3.31. The van der Waals surface area contributed by atoms with Gasteiger partial charge in [0.15, 0.2) is 0 Å². The maximum absolute atomic E-state index is 11.8. The molecule has 0 saturated carbocycles. The first-order valence-corrected chi connectivity index (χ1v) is 6.11. The van der Waals surface area contributed by atoms with Crippen molar-refractivity contribution in [2.75, 3.05) is 39.8 Å². The Morgan fingerprint density at radius 2 is 2.22 bits per heavy atom. The quantitative estimate of drug-likeness (QED) is 0.618. The highest BCUT2D eigenvalue weighted by Crippen LogP contribution is 1.99. The zero-order valence-corrected chi connectivity index (χ0v) is 10.6. The number of amides is 2. The highest BCUT2D eigenvalue weighted by atomic mass is 16.5. The van der Waals surface area contributed by atoms with Crippen LogP contribution in [-0.2, 0) is 9.53 Å². The van der Waals surface area contributed by atoms with Gasteiger partial charge in [0.2, 0.25) is 0 Å². The maximum Gasteiger partial charge on any atom is 0.317 e.